The van der Waals surface area contributed by atoms with Gasteiger partial charge in [0.1, 0.15) is 53.8 Å². The molecular weight excluding hydrogens is 1690 g/mol. The predicted octanol–water partition coefficient (Wildman–Crippen LogP) is 11.6. The monoisotopic (exact) mass is 1840 g/mol. The summed E-state index contributed by atoms with van der Waals surface area (Å²) in [6.45, 7) is 29.8. The first kappa shape index (κ1) is 108. The van der Waals surface area contributed by atoms with E-state index in [0.717, 1.165) is 54.7 Å². The summed E-state index contributed by atoms with van der Waals surface area (Å²) in [6.07, 6.45) is 15.2. The first-order chi connectivity index (χ1) is 63.1. The molecule has 5 aliphatic rings. The van der Waals surface area contributed by atoms with Gasteiger partial charge in [-0.1, -0.05) is 96.2 Å². The number of ether oxygens (including phenoxy) is 14. The second kappa shape index (κ2) is 56.7. The van der Waals surface area contributed by atoms with E-state index in [1.807, 2.05) is 99.7 Å². The van der Waals surface area contributed by atoms with Gasteiger partial charge in [0.05, 0.1) is 115 Å². The number of cyclic esters (lactones) is 1. The first-order valence-electron chi connectivity index (χ1n) is 47.0. The van der Waals surface area contributed by atoms with Gasteiger partial charge in [0.2, 0.25) is 11.7 Å². The summed E-state index contributed by atoms with van der Waals surface area (Å²) in [4.78, 5) is 98.4. The van der Waals surface area contributed by atoms with Crippen LogP contribution in [0.5, 0.6) is 0 Å². The molecule has 131 heavy (non-hydrogen) atoms. The molecule has 3 aromatic heterocycles. The van der Waals surface area contributed by atoms with Gasteiger partial charge in [-0.2, -0.15) is 10.1 Å². The maximum atomic E-state index is 14.5. The van der Waals surface area contributed by atoms with Crippen molar-refractivity contribution in [3.63, 3.8) is 0 Å². The number of aliphatic hydroxyl groups is 3. The molecule has 3 fully saturated rings. The molecule has 0 radical (unpaired) electrons. The quantitative estimate of drug-likeness (QED) is 0.0106. The van der Waals surface area contributed by atoms with Crippen molar-refractivity contribution in [3.05, 3.63) is 107 Å². The number of rotatable bonds is 38. The van der Waals surface area contributed by atoms with Crippen LogP contribution in [-0.2, 0) is 115 Å². The number of aromatic nitrogens is 5. The van der Waals surface area contributed by atoms with Crippen molar-refractivity contribution in [1.29, 1.82) is 0 Å². The summed E-state index contributed by atoms with van der Waals surface area (Å²) < 4.78 is 85.1. The van der Waals surface area contributed by atoms with Gasteiger partial charge >= 0.3 is 11.9 Å². The van der Waals surface area contributed by atoms with E-state index in [2.05, 4.69) is 40.1 Å². The number of nitrogen functional groups attached to an aromatic ring is 2. The van der Waals surface area contributed by atoms with E-state index in [1.165, 1.54) is 23.9 Å². The fourth-order valence-electron chi connectivity index (χ4n) is 17.3. The molecule has 0 unspecified atom stereocenters. The van der Waals surface area contributed by atoms with Crippen LogP contribution in [0.3, 0.4) is 0 Å². The second-order valence-electron chi connectivity index (χ2n) is 34.9. The van der Waals surface area contributed by atoms with E-state index >= 15 is 0 Å². The van der Waals surface area contributed by atoms with Crippen LogP contribution in [0.15, 0.2) is 94.7 Å². The molecule has 5 aromatic rings. The molecule has 10 rings (SSSR count). The number of amides is 2. The van der Waals surface area contributed by atoms with Crippen molar-refractivity contribution >= 4 is 69.3 Å². The minimum Gasteiger partial charge on any atom is -0.460 e. The van der Waals surface area contributed by atoms with Crippen LogP contribution < -0.4 is 11.5 Å². The molecule has 2 aromatic carbocycles. The molecule has 2 amide bonds. The maximum Gasteiger partial charge on any atom is 0.329 e. The number of Topliss-reactive ketones (excluding diaryl/α,β-unsaturated/α-hetero) is 2. The average molecular weight is 1840 g/mol. The Balaban J connectivity index is 0.000000296. The lowest BCUT2D eigenvalue weighted by molar-refractivity contribution is -0.265. The largest absolute Gasteiger partial charge is 0.460 e. The average Bonchev–Trinajstić information content (AvgIpc) is 1.73. The number of methoxy groups -OCH3 is 4. The summed E-state index contributed by atoms with van der Waals surface area (Å²) in [7, 11) is 6.15. The second-order valence-corrected chi connectivity index (χ2v) is 34.9. The van der Waals surface area contributed by atoms with Crippen LogP contribution >= 0.6 is 0 Å². The fraction of sp³-hybridized carbons (Fsp3) is 0.673. The lowest BCUT2D eigenvalue weighted by Gasteiger charge is -2.42. The van der Waals surface area contributed by atoms with Crippen LogP contribution in [0.25, 0.3) is 33.4 Å². The zero-order chi connectivity index (χ0) is 94.9. The van der Waals surface area contributed by atoms with Gasteiger partial charge in [0.15, 0.2) is 17.0 Å². The van der Waals surface area contributed by atoms with E-state index in [-0.39, 0.29) is 79.4 Å². The number of benzene rings is 2. The van der Waals surface area contributed by atoms with Crippen LogP contribution in [-0.4, -0.2) is 286 Å². The Kier molecular flexibility index (Phi) is 46.8. The highest BCUT2D eigenvalue weighted by molar-refractivity contribution is 6.39. The fourth-order valence-corrected chi connectivity index (χ4v) is 17.3. The number of ketones is 2. The Bertz CT molecular complexity index is 4440. The van der Waals surface area contributed by atoms with E-state index in [4.69, 9.17) is 87.3 Å². The number of piperidine rings is 1. The third-order valence-corrected chi connectivity index (χ3v) is 24.9. The first-order valence-corrected chi connectivity index (χ1v) is 47.0. The molecule has 4 aliphatic heterocycles. The van der Waals surface area contributed by atoms with Crippen molar-refractivity contribution in [1.82, 2.24) is 34.5 Å². The van der Waals surface area contributed by atoms with E-state index in [9.17, 15) is 44.1 Å². The summed E-state index contributed by atoms with van der Waals surface area (Å²) in [6, 6.07) is 10.9. The molecule has 33 nitrogen and oxygen atoms in total. The smallest absolute Gasteiger partial charge is 0.329 e. The summed E-state index contributed by atoms with van der Waals surface area (Å²) in [5.41, 5.74) is 20.1. The normalized spacial score (nSPS) is 26.3. The number of carbonyl (C=O) groups excluding carboxylic acids is 6. The zero-order valence-electron chi connectivity index (χ0n) is 79.8. The van der Waals surface area contributed by atoms with Crippen molar-refractivity contribution in [2.45, 2.75) is 252 Å². The lowest BCUT2D eigenvalue weighted by Crippen LogP contribution is -2.61. The minimum atomic E-state index is -2.44. The molecule has 16 atom stereocenters. The number of anilines is 2. The van der Waals surface area contributed by atoms with Gasteiger partial charge in [-0.05, 0) is 175 Å². The molecular formula is C98H149N9O24. The van der Waals surface area contributed by atoms with E-state index in [0.29, 0.717) is 215 Å². The minimum absolute atomic E-state index is 0.0103. The molecule has 1 aliphatic carbocycles. The van der Waals surface area contributed by atoms with Crippen LogP contribution in [0, 0.1) is 35.5 Å². The van der Waals surface area contributed by atoms with E-state index < -0.39 is 83.9 Å². The zero-order valence-corrected chi connectivity index (χ0v) is 79.8. The number of carbonyl (C=O) groups is 6. The number of esters is 2. The Hall–Kier alpha value is -8.36. The Morgan fingerprint density at radius 2 is 1.40 bits per heavy atom. The number of hydrogen-bond donors (Lipinski definition) is 5. The van der Waals surface area contributed by atoms with Crippen LogP contribution in [0.4, 0.5) is 11.8 Å². The van der Waals surface area contributed by atoms with Crippen LogP contribution in [0.2, 0.25) is 0 Å². The topological polar surface area (TPSA) is 420 Å². The van der Waals surface area contributed by atoms with Crippen molar-refractivity contribution in [2.24, 2.45) is 35.5 Å². The third kappa shape index (κ3) is 33.3. The van der Waals surface area contributed by atoms with Gasteiger partial charge in [0, 0.05) is 117 Å². The Labute approximate surface area is 773 Å². The SMILES string of the molecule is CCCOCCOCCOCCOCCOCC.CCOCCOCCC(=O)N1CCc2cc(Cn3nc(-c4ccc5oc(N)nc5c4)c4c(N)ncnc43)ccc2C1.COCCCC(=O)O[C@@H]1CC[C@@H](C[C@@H](C)[C@@H](O)C[C@H]2OC(=O)[C@@H]3CCCCN3C(=O)C(=O)[C@]3(O)O[C@@H](CC[C@H]3C)C[C@H](OC)/C(C)=C/C=C/C=C/[C@@H](C)C[C@@H](C)C(=O)[C@H](OC)[C@H](O)/C(C)=C/[C@H]2C)C[C@H]1OC. The number of nitrogens with zero attached hydrogens (tertiary/aromatic N) is 7. The number of hydrogen-bond acceptors (Lipinski definition) is 30. The van der Waals surface area contributed by atoms with Gasteiger partial charge in [-0.15, -0.1) is 0 Å². The number of oxazole rings is 1. The Morgan fingerprint density at radius 3 is 2.07 bits per heavy atom. The summed E-state index contributed by atoms with van der Waals surface area (Å²) >= 11 is 0. The van der Waals surface area contributed by atoms with Crippen molar-refractivity contribution < 1.29 is 115 Å². The van der Waals surface area contributed by atoms with Gasteiger partial charge < -0.3 is 107 Å². The molecule has 7 heterocycles. The van der Waals surface area contributed by atoms with Gasteiger partial charge in [0.25, 0.3) is 17.7 Å². The highest BCUT2D eigenvalue weighted by Crippen LogP contribution is 2.40. The molecule has 0 spiro atoms. The number of fused-ring (bicyclic) bond motifs is 6. The molecule has 2 saturated heterocycles. The van der Waals surface area contributed by atoms with Gasteiger partial charge in [-0.25, -0.2) is 19.4 Å². The highest BCUT2D eigenvalue weighted by Gasteiger charge is 2.53. The molecule has 730 valence electrons. The molecule has 1 saturated carbocycles. The standard InChI is InChI=1S/C56H89NO15.C29H32N8O4.C13H28O5/c1-34-18-13-12-14-19-35(2)46(67-9)32-42-24-22-40(7)56(65,72-42)53(62)54(63)57-26-16-15-20-43(57)55(64)71-47(37(4)29-39(6)51(61)52(69-11)50(60)38(5)28-34)33-44(58)36(3)30-41-23-25-45(48(31-41)68-10)70-49(59)21-17-27-66-8;1-2-39-11-12-40-10-8-24(38)36-9-7-19-13-18(3-4-21(19)16-36)15-37-28-25(27(30)32-17-33-28)26(35-37)20-5-6-23-22(14-20)34-29(31)41-23;1-3-5-15-8-9-17-12-13-18-11-10-16-7-6-14-4-2/h12-14,18-19,29,34,36-38,40-48,51-52,58,61,65H,15-17,20-28,30-33H2,1-11H3;3-6,13-14,17H,2,7-12,15-16H2,1H3,(H2,31,34)(H2,30,32,33);3-13H2,1-2H3/b14-12+,18-13+,35-19+,39-29+;;/t34-,36-,37-,38-,40-,41+,42+,43+,44+,45-,46+,47-,48-,51-,52+,56-;;/m1../s1. The van der Waals surface area contributed by atoms with Crippen molar-refractivity contribution in [3.8, 4) is 11.3 Å². The maximum absolute atomic E-state index is 14.5. The summed E-state index contributed by atoms with van der Waals surface area (Å²) in [5.74, 6) is -7.41. The molecule has 2 bridgehead atoms. The lowest BCUT2D eigenvalue weighted by atomic mass is 9.78. The number of nitrogens with two attached hydrogens (primary N) is 2. The highest BCUT2D eigenvalue weighted by atomic mass is 16.6. The third-order valence-electron chi connectivity index (χ3n) is 24.9. The molecule has 7 N–H and O–H groups in total. The summed E-state index contributed by atoms with van der Waals surface area (Å²) in [5, 5.41) is 41.2. The Morgan fingerprint density at radius 1 is 0.702 bits per heavy atom. The molecule has 33 heteroatoms. The number of aliphatic hydroxyl groups excluding tert-OH is 2. The predicted molar refractivity (Wildman–Crippen MR) is 495 cm³/mol. The van der Waals surface area contributed by atoms with Gasteiger partial charge in [-0.3, -0.25) is 24.0 Å². The van der Waals surface area contributed by atoms with Crippen LogP contribution in [0.1, 0.15) is 189 Å². The number of allylic oxidation sites excluding steroid dienone is 5. The van der Waals surface area contributed by atoms with E-state index in [1.54, 1.807) is 48.2 Å². The van der Waals surface area contributed by atoms with Crippen molar-refractivity contribution in [2.75, 3.05) is 152 Å².